The molecule has 35 heavy (non-hydrogen) atoms. The summed E-state index contributed by atoms with van der Waals surface area (Å²) in [6.45, 7) is 5.99. The van der Waals surface area contributed by atoms with Gasteiger partial charge in [0, 0.05) is 43.3 Å². The van der Waals surface area contributed by atoms with Gasteiger partial charge < -0.3 is 14.5 Å². The maximum Gasteiger partial charge on any atom is 0.409 e. The molecule has 184 valence electrons. The molecule has 1 fully saturated rings. The van der Waals surface area contributed by atoms with Crippen LogP contribution in [0.15, 0.2) is 65.7 Å². The molecule has 2 heterocycles. The smallest absolute Gasteiger partial charge is 0.409 e. The van der Waals surface area contributed by atoms with Crippen LogP contribution < -0.4 is 0 Å². The zero-order valence-electron chi connectivity index (χ0n) is 19.9. The first-order valence-corrected chi connectivity index (χ1v) is 13.3. The predicted octanol–water partition coefficient (Wildman–Crippen LogP) is 3.76. The van der Waals surface area contributed by atoms with Crippen molar-refractivity contribution in [3.63, 3.8) is 0 Å². The lowest BCUT2D eigenvalue weighted by molar-refractivity contribution is 0.0535. The van der Waals surface area contributed by atoms with Crippen LogP contribution in [0.4, 0.5) is 4.79 Å². The molecule has 3 aromatic rings. The summed E-state index contributed by atoms with van der Waals surface area (Å²) >= 11 is 0. The van der Waals surface area contributed by atoms with E-state index in [9.17, 15) is 18.0 Å². The molecule has 0 aliphatic carbocycles. The maximum absolute atomic E-state index is 13.1. The van der Waals surface area contributed by atoms with Crippen LogP contribution in [0.25, 0.3) is 10.9 Å². The Morgan fingerprint density at radius 2 is 1.60 bits per heavy atom. The molecule has 8 nitrogen and oxygen atoms in total. The first-order chi connectivity index (χ1) is 16.7. The standard InChI is InChI=1S/C26H29N3O5S/c1-19(2)17-34-26(31)29-15-13-28(14-16-29)25(30)22-10-8-20(9-11-22)18-35(32,33)23-7-3-5-21-6-4-12-27-24(21)23/h3-12,19H,13-18H2,1-2H3. The van der Waals surface area contributed by atoms with E-state index in [4.69, 9.17) is 4.74 Å². The molecule has 0 unspecified atom stereocenters. The van der Waals surface area contributed by atoms with Crippen molar-refractivity contribution in [2.75, 3.05) is 32.8 Å². The molecule has 0 atom stereocenters. The Morgan fingerprint density at radius 3 is 2.29 bits per heavy atom. The van der Waals surface area contributed by atoms with E-state index in [0.29, 0.717) is 49.4 Å². The second-order valence-electron chi connectivity index (χ2n) is 9.04. The van der Waals surface area contributed by atoms with Crippen LogP contribution in [0.1, 0.15) is 29.8 Å². The molecule has 0 N–H and O–H groups in total. The summed E-state index contributed by atoms with van der Waals surface area (Å²) in [6, 6.07) is 15.4. The third-order valence-corrected chi connectivity index (χ3v) is 7.57. The van der Waals surface area contributed by atoms with Gasteiger partial charge in [-0.25, -0.2) is 13.2 Å². The fourth-order valence-corrected chi connectivity index (χ4v) is 5.51. The van der Waals surface area contributed by atoms with Crippen LogP contribution in [0, 0.1) is 5.92 Å². The van der Waals surface area contributed by atoms with E-state index >= 15 is 0 Å². The number of aromatic nitrogens is 1. The number of benzene rings is 2. The van der Waals surface area contributed by atoms with Crippen molar-refractivity contribution in [1.29, 1.82) is 0 Å². The highest BCUT2D eigenvalue weighted by atomic mass is 32.2. The largest absolute Gasteiger partial charge is 0.449 e. The summed E-state index contributed by atoms with van der Waals surface area (Å²) in [7, 11) is -3.63. The van der Waals surface area contributed by atoms with Crippen molar-refractivity contribution in [2.24, 2.45) is 5.92 Å². The quantitative estimate of drug-likeness (QED) is 0.517. The van der Waals surface area contributed by atoms with E-state index in [1.165, 1.54) is 0 Å². The number of sulfone groups is 1. The van der Waals surface area contributed by atoms with Crippen LogP contribution in [-0.2, 0) is 20.3 Å². The number of pyridine rings is 1. The predicted molar refractivity (Wildman–Crippen MR) is 133 cm³/mol. The fraction of sp³-hybridized carbons (Fsp3) is 0.346. The first kappa shape index (κ1) is 24.7. The van der Waals surface area contributed by atoms with E-state index in [2.05, 4.69) is 4.98 Å². The molecule has 1 aromatic heterocycles. The van der Waals surface area contributed by atoms with Gasteiger partial charge in [0.25, 0.3) is 5.91 Å². The third kappa shape index (κ3) is 5.79. The van der Waals surface area contributed by atoms with Gasteiger partial charge in [0.15, 0.2) is 9.84 Å². The lowest BCUT2D eigenvalue weighted by Gasteiger charge is -2.34. The van der Waals surface area contributed by atoms with Gasteiger partial charge >= 0.3 is 6.09 Å². The molecule has 4 rings (SSSR count). The second-order valence-corrected chi connectivity index (χ2v) is 11.0. The van der Waals surface area contributed by atoms with Gasteiger partial charge in [-0.2, -0.15) is 0 Å². The molecule has 2 amide bonds. The maximum atomic E-state index is 13.1. The van der Waals surface area contributed by atoms with Gasteiger partial charge in [-0.05, 0) is 35.7 Å². The van der Waals surface area contributed by atoms with Gasteiger partial charge in [-0.15, -0.1) is 0 Å². The number of ether oxygens (including phenoxy) is 1. The van der Waals surface area contributed by atoms with Crippen LogP contribution in [0.2, 0.25) is 0 Å². The monoisotopic (exact) mass is 495 g/mol. The highest BCUT2D eigenvalue weighted by Crippen LogP contribution is 2.24. The number of para-hydroxylation sites is 1. The Bertz CT molecular complexity index is 1310. The van der Waals surface area contributed by atoms with Crippen molar-refractivity contribution >= 4 is 32.7 Å². The SMILES string of the molecule is CC(C)COC(=O)N1CCN(C(=O)c2ccc(CS(=O)(=O)c3cccc4cccnc34)cc2)CC1. The minimum atomic E-state index is -3.63. The number of carbonyl (C=O) groups excluding carboxylic acids is 2. The van der Waals surface area contributed by atoms with Crippen molar-refractivity contribution in [1.82, 2.24) is 14.8 Å². The molecule has 0 saturated carbocycles. The van der Waals surface area contributed by atoms with Crippen LogP contribution >= 0.6 is 0 Å². The van der Waals surface area contributed by atoms with Gasteiger partial charge in [0.05, 0.1) is 22.8 Å². The van der Waals surface area contributed by atoms with E-state index in [1.54, 1.807) is 58.5 Å². The molecular weight excluding hydrogens is 466 g/mol. The Labute approximate surface area is 205 Å². The molecule has 0 radical (unpaired) electrons. The van der Waals surface area contributed by atoms with Crippen LogP contribution in [-0.4, -0.2) is 68.0 Å². The highest BCUT2D eigenvalue weighted by Gasteiger charge is 2.26. The van der Waals surface area contributed by atoms with Crippen molar-refractivity contribution in [3.8, 4) is 0 Å². The number of fused-ring (bicyclic) bond motifs is 1. The lowest BCUT2D eigenvalue weighted by atomic mass is 10.1. The summed E-state index contributed by atoms with van der Waals surface area (Å²) in [6.07, 6.45) is 1.23. The first-order valence-electron chi connectivity index (χ1n) is 11.6. The van der Waals surface area contributed by atoms with E-state index in [0.717, 1.165) is 5.39 Å². The molecule has 1 aliphatic heterocycles. The molecule has 9 heteroatoms. The number of hydrogen-bond acceptors (Lipinski definition) is 6. The summed E-state index contributed by atoms with van der Waals surface area (Å²) in [5.74, 6) is -0.0646. The summed E-state index contributed by atoms with van der Waals surface area (Å²) in [4.78, 5) is 32.8. The molecule has 0 bridgehead atoms. The Hall–Kier alpha value is -3.46. The third-order valence-electron chi connectivity index (χ3n) is 5.85. The number of piperazine rings is 1. The number of rotatable bonds is 6. The Balaban J connectivity index is 1.38. The van der Waals surface area contributed by atoms with Crippen LogP contribution in [0.5, 0.6) is 0 Å². The number of hydrogen-bond donors (Lipinski definition) is 0. The van der Waals surface area contributed by atoms with Crippen LogP contribution in [0.3, 0.4) is 0 Å². The summed E-state index contributed by atoms with van der Waals surface area (Å²) < 4.78 is 31.4. The van der Waals surface area contributed by atoms with E-state index < -0.39 is 9.84 Å². The fourth-order valence-electron chi connectivity index (χ4n) is 3.97. The topological polar surface area (TPSA) is 96.9 Å². The average molecular weight is 496 g/mol. The number of amides is 2. The molecular formula is C26H29N3O5S. The Morgan fingerprint density at radius 1 is 0.943 bits per heavy atom. The molecule has 1 saturated heterocycles. The molecule has 0 spiro atoms. The summed E-state index contributed by atoms with van der Waals surface area (Å²) in [5.41, 5.74) is 1.52. The second kappa shape index (κ2) is 10.4. The molecule has 1 aliphatic rings. The van der Waals surface area contributed by atoms with E-state index in [1.807, 2.05) is 26.0 Å². The normalized spacial score (nSPS) is 14.4. The number of nitrogens with zero attached hydrogens (tertiary/aromatic N) is 3. The van der Waals surface area contributed by atoms with Crippen molar-refractivity contribution in [3.05, 3.63) is 71.9 Å². The summed E-state index contributed by atoms with van der Waals surface area (Å²) in [5, 5.41) is 0.766. The zero-order chi connectivity index (χ0) is 25.0. The zero-order valence-corrected chi connectivity index (χ0v) is 20.7. The Kier molecular flexibility index (Phi) is 7.35. The minimum Gasteiger partial charge on any atom is -0.449 e. The van der Waals surface area contributed by atoms with Gasteiger partial charge in [-0.1, -0.05) is 44.2 Å². The van der Waals surface area contributed by atoms with Gasteiger partial charge in [-0.3, -0.25) is 9.78 Å². The minimum absolute atomic E-state index is 0.146. The number of carbonyl (C=O) groups is 2. The van der Waals surface area contributed by atoms with Gasteiger partial charge in [0.1, 0.15) is 0 Å². The average Bonchev–Trinajstić information content (AvgIpc) is 2.86. The van der Waals surface area contributed by atoms with Gasteiger partial charge in [0.2, 0.25) is 0 Å². The van der Waals surface area contributed by atoms with Crippen molar-refractivity contribution in [2.45, 2.75) is 24.5 Å². The van der Waals surface area contributed by atoms with Crippen molar-refractivity contribution < 1.29 is 22.7 Å². The van der Waals surface area contributed by atoms with E-state index in [-0.39, 0.29) is 28.6 Å². The molecule has 2 aromatic carbocycles. The highest BCUT2D eigenvalue weighted by molar-refractivity contribution is 7.90. The lowest BCUT2D eigenvalue weighted by Crippen LogP contribution is -2.50.